The smallest absolute Gasteiger partial charge is 0.412 e. The van der Waals surface area contributed by atoms with E-state index < -0.39 is 22.7 Å². The van der Waals surface area contributed by atoms with Crippen molar-refractivity contribution in [1.29, 1.82) is 0 Å². The van der Waals surface area contributed by atoms with Gasteiger partial charge in [0.15, 0.2) is 0 Å². The van der Waals surface area contributed by atoms with Gasteiger partial charge < -0.3 is 9.47 Å². The number of ether oxygens (including phenoxy) is 2. The van der Waals surface area contributed by atoms with Crippen molar-refractivity contribution < 1.29 is 24.0 Å². The molecule has 0 unspecified atom stereocenters. The van der Waals surface area contributed by atoms with Gasteiger partial charge in [-0.3, -0.25) is 20.2 Å². The number of carbonyl (C=O) groups is 2. The van der Waals surface area contributed by atoms with Gasteiger partial charge in [0.1, 0.15) is 6.61 Å². The molecule has 148 valence electrons. The zero-order chi connectivity index (χ0) is 20.5. The van der Waals surface area contributed by atoms with Crippen molar-refractivity contribution in [3.05, 3.63) is 63.7 Å². The van der Waals surface area contributed by atoms with E-state index >= 15 is 0 Å². The normalized spacial score (nSPS) is 10.2. The molecule has 0 saturated carbocycles. The minimum atomic E-state index is -0.807. The maximum Gasteiger partial charge on any atom is 0.412 e. The summed E-state index contributed by atoms with van der Waals surface area (Å²) < 4.78 is 10.4. The van der Waals surface area contributed by atoms with Crippen LogP contribution in [0.3, 0.4) is 0 Å². The molecular formula is C20H22N2O6. The molecular weight excluding hydrogens is 364 g/mol. The molecule has 1 N–H and O–H groups in total. The second-order valence-electron chi connectivity index (χ2n) is 6.13. The Labute approximate surface area is 162 Å². The Morgan fingerprint density at radius 1 is 1.14 bits per heavy atom. The van der Waals surface area contributed by atoms with E-state index in [1.807, 2.05) is 25.1 Å². The van der Waals surface area contributed by atoms with Crippen LogP contribution in [-0.2, 0) is 16.1 Å². The first-order valence-electron chi connectivity index (χ1n) is 8.88. The van der Waals surface area contributed by atoms with Crippen molar-refractivity contribution in [2.75, 3.05) is 5.32 Å². The molecule has 0 spiro atoms. The lowest BCUT2D eigenvalue weighted by Crippen LogP contribution is -2.17. The van der Waals surface area contributed by atoms with Gasteiger partial charge in [0.05, 0.1) is 10.6 Å². The second kappa shape index (κ2) is 10.1. The van der Waals surface area contributed by atoms with Crippen molar-refractivity contribution in [1.82, 2.24) is 0 Å². The highest BCUT2D eigenvalue weighted by atomic mass is 16.6. The van der Waals surface area contributed by atoms with E-state index in [4.69, 9.17) is 9.47 Å². The van der Waals surface area contributed by atoms with Crippen LogP contribution in [-0.4, -0.2) is 17.0 Å². The van der Waals surface area contributed by atoms with Gasteiger partial charge in [-0.1, -0.05) is 49.7 Å². The van der Waals surface area contributed by atoms with Crippen molar-refractivity contribution in [3.8, 4) is 5.75 Å². The number of aryl methyl sites for hydroxylation is 1. The van der Waals surface area contributed by atoms with Crippen LogP contribution in [0.1, 0.15) is 37.3 Å². The SMILES string of the molecule is CCCCC(=O)Oc1c([N+](=O)[O-])ccc(C)c1NC(=O)OCc1ccccc1. The Hall–Kier alpha value is -3.42. The molecule has 8 nitrogen and oxygen atoms in total. The van der Waals surface area contributed by atoms with E-state index in [2.05, 4.69) is 5.32 Å². The molecule has 0 aliphatic rings. The molecule has 0 bridgehead atoms. The number of nitrogens with zero attached hydrogens (tertiary/aromatic N) is 1. The number of benzene rings is 2. The topological polar surface area (TPSA) is 108 Å². The molecule has 0 heterocycles. The maximum atomic E-state index is 12.2. The van der Waals surface area contributed by atoms with Crippen LogP contribution >= 0.6 is 0 Å². The molecule has 1 amide bonds. The van der Waals surface area contributed by atoms with E-state index in [0.29, 0.717) is 12.0 Å². The van der Waals surface area contributed by atoms with Crippen LogP contribution in [0.4, 0.5) is 16.2 Å². The van der Waals surface area contributed by atoms with E-state index in [0.717, 1.165) is 12.0 Å². The Bertz CT molecular complexity index is 851. The quantitative estimate of drug-likeness (QED) is 0.304. The minimum Gasteiger partial charge on any atom is -0.444 e. The highest BCUT2D eigenvalue weighted by Crippen LogP contribution is 2.38. The highest BCUT2D eigenvalue weighted by Gasteiger charge is 2.25. The molecule has 0 aliphatic heterocycles. The number of nitro benzene ring substituents is 1. The summed E-state index contributed by atoms with van der Waals surface area (Å²) in [5.74, 6) is -0.890. The molecule has 0 aliphatic carbocycles. The third-order valence-electron chi connectivity index (χ3n) is 3.93. The summed E-state index contributed by atoms with van der Waals surface area (Å²) in [6, 6.07) is 11.8. The van der Waals surface area contributed by atoms with Crippen LogP contribution in [0.25, 0.3) is 0 Å². The number of nitrogens with one attached hydrogen (secondary N) is 1. The fourth-order valence-corrected chi connectivity index (χ4v) is 2.42. The Morgan fingerprint density at radius 3 is 2.50 bits per heavy atom. The Kier molecular flexibility index (Phi) is 7.50. The third-order valence-corrected chi connectivity index (χ3v) is 3.93. The molecule has 2 rings (SSSR count). The monoisotopic (exact) mass is 386 g/mol. The van der Waals surface area contributed by atoms with Gasteiger partial charge in [0, 0.05) is 12.5 Å². The lowest BCUT2D eigenvalue weighted by molar-refractivity contribution is -0.385. The van der Waals surface area contributed by atoms with Crippen LogP contribution in [0.5, 0.6) is 5.75 Å². The second-order valence-corrected chi connectivity index (χ2v) is 6.13. The lowest BCUT2D eigenvalue weighted by Gasteiger charge is -2.14. The predicted molar refractivity (Wildman–Crippen MR) is 103 cm³/mol. The number of amides is 1. The number of rotatable bonds is 8. The Balaban J connectivity index is 2.20. The van der Waals surface area contributed by atoms with Gasteiger partial charge >= 0.3 is 17.7 Å². The van der Waals surface area contributed by atoms with Crippen LogP contribution < -0.4 is 10.1 Å². The molecule has 2 aromatic carbocycles. The molecule has 0 atom stereocenters. The van der Waals surface area contributed by atoms with Crippen LogP contribution in [0, 0.1) is 17.0 Å². The lowest BCUT2D eigenvalue weighted by atomic mass is 10.1. The summed E-state index contributed by atoms with van der Waals surface area (Å²) >= 11 is 0. The van der Waals surface area contributed by atoms with E-state index in [1.54, 1.807) is 19.1 Å². The van der Waals surface area contributed by atoms with Crippen molar-refractivity contribution in [2.24, 2.45) is 0 Å². The molecule has 2 aromatic rings. The van der Waals surface area contributed by atoms with Gasteiger partial charge in [-0.15, -0.1) is 0 Å². The third kappa shape index (κ3) is 5.80. The van der Waals surface area contributed by atoms with Crippen LogP contribution in [0.2, 0.25) is 0 Å². The van der Waals surface area contributed by atoms with Crippen LogP contribution in [0.15, 0.2) is 42.5 Å². The van der Waals surface area contributed by atoms with Gasteiger partial charge in [-0.25, -0.2) is 4.79 Å². The maximum absolute atomic E-state index is 12.2. The fourth-order valence-electron chi connectivity index (χ4n) is 2.42. The number of nitro groups is 1. The van der Waals surface area contributed by atoms with Crippen molar-refractivity contribution >= 4 is 23.4 Å². The highest BCUT2D eigenvalue weighted by molar-refractivity contribution is 5.91. The molecule has 28 heavy (non-hydrogen) atoms. The van der Waals surface area contributed by atoms with Gasteiger partial charge in [-0.2, -0.15) is 0 Å². The summed E-state index contributed by atoms with van der Waals surface area (Å²) in [5, 5.41) is 13.8. The van der Waals surface area contributed by atoms with Crippen molar-refractivity contribution in [2.45, 2.75) is 39.7 Å². The van der Waals surface area contributed by atoms with E-state index in [-0.39, 0.29) is 24.5 Å². The largest absolute Gasteiger partial charge is 0.444 e. The Morgan fingerprint density at radius 2 is 1.86 bits per heavy atom. The number of anilines is 1. The number of carbonyl (C=O) groups excluding carboxylic acids is 2. The first-order valence-corrected chi connectivity index (χ1v) is 8.88. The molecule has 0 radical (unpaired) electrons. The van der Waals surface area contributed by atoms with Gasteiger partial charge in [0.2, 0.25) is 5.75 Å². The number of hydrogen-bond acceptors (Lipinski definition) is 6. The van der Waals surface area contributed by atoms with E-state index in [1.165, 1.54) is 12.1 Å². The first kappa shape index (κ1) is 20.9. The minimum absolute atomic E-state index is 0.0340. The number of unbranched alkanes of at least 4 members (excludes halogenated alkanes) is 1. The average Bonchev–Trinajstić information content (AvgIpc) is 2.68. The number of esters is 1. The zero-order valence-corrected chi connectivity index (χ0v) is 15.8. The fraction of sp³-hybridized carbons (Fsp3) is 0.300. The summed E-state index contributed by atoms with van der Waals surface area (Å²) in [7, 11) is 0. The summed E-state index contributed by atoms with van der Waals surface area (Å²) in [4.78, 5) is 34.9. The first-order chi connectivity index (χ1) is 13.4. The molecule has 0 fully saturated rings. The van der Waals surface area contributed by atoms with Gasteiger partial charge in [0.25, 0.3) is 0 Å². The average molecular weight is 386 g/mol. The summed E-state index contributed by atoms with van der Waals surface area (Å²) in [5.41, 5.74) is 0.922. The standard InChI is InChI=1S/C20H22N2O6/c1-3-4-10-17(23)28-19-16(22(25)26)12-11-14(2)18(19)21-20(24)27-13-15-8-6-5-7-9-15/h5-9,11-12H,3-4,10,13H2,1-2H3,(H,21,24). The molecule has 0 aromatic heterocycles. The predicted octanol–water partition coefficient (Wildman–Crippen LogP) is 4.75. The molecule has 8 heteroatoms. The molecule has 0 saturated heterocycles. The summed E-state index contributed by atoms with van der Waals surface area (Å²) in [6.07, 6.45) is 0.695. The zero-order valence-electron chi connectivity index (χ0n) is 15.8. The van der Waals surface area contributed by atoms with Gasteiger partial charge in [-0.05, 0) is 24.5 Å². The van der Waals surface area contributed by atoms with E-state index in [9.17, 15) is 19.7 Å². The summed E-state index contributed by atoms with van der Waals surface area (Å²) in [6.45, 7) is 3.59. The number of hydrogen-bond donors (Lipinski definition) is 1. The van der Waals surface area contributed by atoms with Crippen molar-refractivity contribution in [3.63, 3.8) is 0 Å².